The molecule has 0 saturated heterocycles. The SMILES string of the molecule is OCCCCCCNCC12CC3CC(CC(C3)C1)C2. The highest BCUT2D eigenvalue weighted by atomic mass is 16.2. The summed E-state index contributed by atoms with van der Waals surface area (Å²) in [5.41, 5.74) is 0.694. The van der Waals surface area contributed by atoms with E-state index in [0.29, 0.717) is 12.0 Å². The predicted octanol–water partition coefficient (Wildman–Crippen LogP) is 3.35. The highest BCUT2D eigenvalue weighted by Crippen LogP contribution is 2.59. The highest BCUT2D eigenvalue weighted by molar-refractivity contribution is 5.02. The van der Waals surface area contributed by atoms with E-state index in [2.05, 4.69) is 5.32 Å². The molecular weight excluding hydrogens is 234 g/mol. The van der Waals surface area contributed by atoms with Crippen LogP contribution in [0.25, 0.3) is 0 Å². The molecule has 19 heavy (non-hydrogen) atoms. The van der Waals surface area contributed by atoms with Crippen molar-refractivity contribution in [1.29, 1.82) is 0 Å². The number of hydrogen-bond donors (Lipinski definition) is 2. The maximum atomic E-state index is 8.75. The molecule has 4 bridgehead atoms. The van der Waals surface area contributed by atoms with E-state index in [0.717, 1.165) is 24.2 Å². The summed E-state index contributed by atoms with van der Waals surface area (Å²) in [5, 5.41) is 12.5. The van der Waals surface area contributed by atoms with E-state index >= 15 is 0 Å². The van der Waals surface area contributed by atoms with Gasteiger partial charge in [0.1, 0.15) is 0 Å². The quantitative estimate of drug-likeness (QED) is 0.660. The third-order valence-electron chi connectivity index (χ3n) is 5.93. The molecule has 0 amide bonds. The van der Waals surface area contributed by atoms with Gasteiger partial charge in [0.05, 0.1) is 0 Å². The van der Waals surface area contributed by atoms with Gasteiger partial charge in [-0.1, -0.05) is 12.8 Å². The van der Waals surface area contributed by atoms with Gasteiger partial charge in [-0.15, -0.1) is 0 Å². The first-order valence-corrected chi connectivity index (χ1v) is 8.61. The molecule has 4 saturated carbocycles. The second-order valence-electron chi connectivity index (χ2n) is 7.73. The van der Waals surface area contributed by atoms with E-state index in [-0.39, 0.29) is 0 Å². The van der Waals surface area contributed by atoms with Gasteiger partial charge in [0.2, 0.25) is 0 Å². The Morgan fingerprint density at radius 2 is 1.42 bits per heavy atom. The van der Waals surface area contributed by atoms with Crippen LogP contribution in [0.2, 0.25) is 0 Å². The summed E-state index contributed by atoms with van der Waals surface area (Å²) in [7, 11) is 0. The molecule has 0 atom stereocenters. The number of hydrogen-bond acceptors (Lipinski definition) is 2. The average Bonchev–Trinajstić information content (AvgIpc) is 2.36. The zero-order valence-corrected chi connectivity index (χ0v) is 12.4. The Balaban J connectivity index is 1.36. The standard InChI is InChI=1S/C17H31NO/c19-6-4-2-1-3-5-18-13-17-10-14-7-15(11-17)9-16(8-14)12-17/h14-16,18-19H,1-13H2. The molecular formula is C17H31NO. The van der Waals surface area contributed by atoms with Gasteiger partial charge in [0, 0.05) is 13.2 Å². The zero-order chi connectivity index (χ0) is 13.1. The van der Waals surface area contributed by atoms with Crippen LogP contribution in [0.4, 0.5) is 0 Å². The number of aliphatic hydroxyl groups is 1. The molecule has 0 aliphatic heterocycles. The lowest BCUT2D eigenvalue weighted by Crippen LogP contribution is -2.50. The smallest absolute Gasteiger partial charge is 0.0431 e. The van der Waals surface area contributed by atoms with Crippen molar-refractivity contribution in [1.82, 2.24) is 5.32 Å². The van der Waals surface area contributed by atoms with E-state index in [4.69, 9.17) is 5.11 Å². The molecule has 4 rings (SSSR count). The predicted molar refractivity (Wildman–Crippen MR) is 79.0 cm³/mol. The van der Waals surface area contributed by atoms with Crippen LogP contribution in [0.5, 0.6) is 0 Å². The second-order valence-corrected chi connectivity index (χ2v) is 7.73. The average molecular weight is 265 g/mol. The number of aliphatic hydroxyl groups excluding tert-OH is 1. The maximum Gasteiger partial charge on any atom is 0.0431 e. The van der Waals surface area contributed by atoms with E-state index in [1.54, 1.807) is 19.3 Å². The lowest BCUT2D eigenvalue weighted by molar-refractivity contribution is -0.0512. The summed E-state index contributed by atoms with van der Waals surface area (Å²) in [6.07, 6.45) is 14.0. The van der Waals surface area contributed by atoms with Gasteiger partial charge in [-0.25, -0.2) is 0 Å². The Bertz CT molecular complexity index is 254. The van der Waals surface area contributed by atoms with Crippen molar-refractivity contribution >= 4 is 0 Å². The normalized spacial score (nSPS) is 39.9. The largest absolute Gasteiger partial charge is 0.396 e. The molecule has 4 aliphatic rings. The molecule has 4 aliphatic carbocycles. The monoisotopic (exact) mass is 265 g/mol. The molecule has 110 valence electrons. The van der Waals surface area contributed by atoms with Crippen molar-refractivity contribution in [3.05, 3.63) is 0 Å². The summed E-state index contributed by atoms with van der Waals surface area (Å²) < 4.78 is 0. The van der Waals surface area contributed by atoms with E-state index in [1.807, 2.05) is 0 Å². The van der Waals surface area contributed by atoms with Gasteiger partial charge < -0.3 is 10.4 Å². The van der Waals surface area contributed by atoms with Crippen LogP contribution in [0.1, 0.15) is 64.2 Å². The number of unbranched alkanes of at least 4 members (excludes halogenated alkanes) is 3. The highest BCUT2D eigenvalue weighted by Gasteiger charge is 2.50. The molecule has 0 unspecified atom stereocenters. The Morgan fingerprint density at radius 1 is 0.842 bits per heavy atom. The molecule has 0 heterocycles. The van der Waals surface area contributed by atoms with Crippen LogP contribution in [-0.2, 0) is 0 Å². The number of nitrogens with one attached hydrogen (secondary N) is 1. The first-order valence-electron chi connectivity index (χ1n) is 8.61. The van der Waals surface area contributed by atoms with Crippen molar-refractivity contribution in [2.75, 3.05) is 19.7 Å². The van der Waals surface area contributed by atoms with Crippen LogP contribution in [0.3, 0.4) is 0 Å². The fraction of sp³-hybridized carbons (Fsp3) is 1.00. The Kier molecular flexibility index (Phi) is 4.48. The van der Waals surface area contributed by atoms with Gasteiger partial charge in [0.15, 0.2) is 0 Å². The molecule has 0 spiro atoms. The molecule has 0 aromatic rings. The van der Waals surface area contributed by atoms with Crippen LogP contribution in [0, 0.1) is 23.2 Å². The fourth-order valence-electron chi connectivity index (χ4n) is 5.58. The molecule has 2 heteroatoms. The van der Waals surface area contributed by atoms with Crippen LogP contribution in [0.15, 0.2) is 0 Å². The zero-order valence-electron chi connectivity index (χ0n) is 12.4. The minimum atomic E-state index is 0.362. The number of rotatable bonds is 8. The fourth-order valence-corrected chi connectivity index (χ4v) is 5.58. The van der Waals surface area contributed by atoms with Crippen LogP contribution in [-0.4, -0.2) is 24.8 Å². The van der Waals surface area contributed by atoms with Gasteiger partial charge >= 0.3 is 0 Å². The van der Waals surface area contributed by atoms with Gasteiger partial charge in [-0.3, -0.25) is 0 Å². The van der Waals surface area contributed by atoms with Crippen molar-refractivity contribution in [3.8, 4) is 0 Å². The minimum Gasteiger partial charge on any atom is -0.396 e. The van der Waals surface area contributed by atoms with Crippen molar-refractivity contribution in [2.24, 2.45) is 23.2 Å². The molecule has 2 nitrogen and oxygen atoms in total. The lowest BCUT2D eigenvalue weighted by Gasteiger charge is -2.57. The van der Waals surface area contributed by atoms with Gasteiger partial charge in [-0.2, -0.15) is 0 Å². The first kappa shape index (κ1) is 13.9. The minimum absolute atomic E-state index is 0.362. The lowest BCUT2D eigenvalue weighted by atomic mass is 9.49. The summed E-state index contributed by atoms with van der Waals surface area (Å²) in [4.78, 5) is 0. The molecule has 0 aromatic heterocycles. The topological polar surface area (TPSA) is 32.3 Å². The maximum absolute atomic E-state index is 8.75. The van der Waals surface area contributed by atoms with E-state index in [9.17, 15) is 0 Å². The summed E-state index contributed by atoms with van der Waals surface area (Å²) in [5.74, 6) is 3.24. The third-order valence-corrected chi connectivity index (χ3v) is 5.93. The Labute approximate surface area is 118 Å². The molecule has 0 radical (unpaired) electrons. The summed E-state index contributed by atoms with van der Waals surface area (Å²) >= 11 is 0. The van der Waals surface area contributed by atoms with Crippen molar-refractivity contribution in [3.63, 3.8) is 0 Å². The van der Waals surface area contributed by atoms with Crippen molar-refractivity contribution in [2.45, 2.75) is 64.2 Å². The van der Waals surface area contributed by atoms with Crippen LogP contribution >= 0.6 is 0 Å². The van der Waals surface area contributed by atoms with Crippen molar-refractivity contribution < 1.29 is 5.11 Å². The summed E-state index contributed by atoms with van der Waals surface area (Å²) in [6.45, 7) is 2.84. The first-order chi connectivity index (χ1) is 9.30. The Morgan fingerprint density at radius 3 is 2.00 bits per heavy atom. The Hall–Kier alpha value is -0.0800. The van der Waals surface area contributed by atoms with E-state index < -0.39 is 0 Å². The second kappa shape index (κ2) is 6.13. The molecule has 4 fully saturated rings. The van der Waals surface area contributed by atoms with Gasteiger partial charge in [-0.05, 0) is 81.1 Å². The molecule has 2 N–H and O–H groups in total. The van der Waals surface area contributed by atoms with Crippen LogP contribution < -0.4 is 5.32 Å². The summed E-state index contributed by atoms with van der Waals surface area (Å²) in [6, 6.07) is 0. The molecule has 0 aromatic carbocycles. The van der Waals surface area contributed by atoms with E-state index in [1.165, 1.54) is 51.6 Å². The van der Waals surface area contributed by atoms with Gasteiger partial charge in [0.25, 0.3) is 0 Å². The third kappa shape index (κ3) is 3.33.